The number of aromatic nitrogens is 5. The SMILES string of the molecule is Cc1nc(CN(C)S(=O)(=O)c2c(Cl)nc3sccn23)n[nH]1. The first-order valence-electron chi connectivity index (χ1n) is 5.85. The molecule has 3 rings (SSSR count). The quantitative estimate of drug-likeness (QED) is 0.768. The molecular formula is C10H11ClN6O2S2. The van der Waals surface area contributed by atoms with Gasteiger partial charge in [-0.25, -0.2) is 18.4 Å². The lowest BCUT2D eigenvalue weighted by Gasteiger charge is -2.14. The van der Waals surface area contributed by atoms with Crippen molar-refractivity contribution in [3.63, 3.8) is 0 Å². The predicted octanol–water partition coefficient (Wildman–Crippen LogP) is 1.30. The molecule has 0 fully saturated rings. The second kappa shape index (κ2) is 5.05. The van der Waals surface area contributed by atoms with E-state index >= 15 is 0 Å². The van der Waals surface area contributed by atoms with Gasteiger partial charge in [-0.2, -0.15) is 9.40 Å². The summed E-state index contributed by atoms with van der Waals surface area (Å²) in [7, 11) is -2.35. The molecule has 0 radical (unpaired) electrons. The van der Waals surface area contributed by atoms with Crippen LogP contribution in [0.1, 0.15) is 11.6 Å². The molecule has 0 aliphatic heterocycles. The Morgan fingerprint density at radius 1 is 1.48 bits per heavy atom. The van der Waals surface area contributed by atoms with Crippen LogP contribution in [-0.4, -0.2) is 44.3 Å². The van der Waals surface area contributed by atoms with E-state index in [4.69, 9.17) is 11.6 Å². The van der Waals surface area contributed by atoms with Gasteiger partial charge in [-0.05, 0) is 6.92 Å². The van der Waals surface area contributed by atoms with Crippen molar-refractivity contribution >= 4 is 37.9 Å². The van der Waals surface area contributed by atoms with Crippen LogP contribution in [0, 0.1) is 6.92 Å². The third-order valence-electron chi connectivity index (χ3n) is 2.84. The van der Waals surface area contributed by atoms with Crippen molar-refractivity contribution < 1.29 is 8.42 Å². The molecule has 0 amide bonds. The zero-order valence-electron chi connectivity index (χ0n) is 11.1. The molecule has 112 valence electrons. The molecule has 1 N–H and O–H groups in total. The van der Waals surface area contributed by atoms with Crippen LogP contribution in [0.2, 0.25) is 5.15 Å². The summed E-state index contributed by atoms with van der Waals surface area (Å²) >= 11 is 7.29. The van der Waals surface area contributed by atoms with Crippen molar-refractivity contribution in [2.24, 2.45) is 0 Å². The second-order valence-electron chi connectivity index (χ2n) is 4.36. The summed E-state index contributed by atoms with van der Waals surface area (Å²) in [6.45, 7) is 1.79. The summed E-state index contributed by atoms with van der Waals surface area (Å²) in [4.78, 5) is 8.66. The van der Waals surface area contributed by atoms with Gasteiger partial charge in [0, 0.05) is 18.6 Å². The van der Waals surface area contributed by atoms with Crippen LogP contribution in [0.15, 0.2) is 16.6 Å². The van der Waals surface area contributed by atoms with Gasteiger partial charge in [-0.1, -0.05) is 11.6 Å². The first-order valence-corrected chi connectivity index (χ1v) is 8.54. The van der Waals surface area contributed by atoms with Crippen LogP contribution in [0.25, 0.3) is 4.96 Å². The van der Waals surface area contributed by atoms with Gasteiger partial charge in [0.25, 0.3) is 10.0 Å². The predicted molar refractivity (Wildman–Crippen MR) is 77.9 cm³/mol. The number of imidazole rings is 1. The minimum absolute atomic E-state index is 0.0418. The van der Waals surface area contributed by atoms with E-state index in [9.17, 15) is 8.42 Å². The van der Waals surface area contributed by atoms with Gasteiger partial charge in [0.05, 0.1) is 6.54 Å². The highest BCUT2D eigenvalue weighted by Gasteiger charge is 2.29. The highest BCUT2D eigenvalue weighted by molar-refractivity contribution is 7.89. The topological polar surface area (TPSA) is 96.2 Å². The van der Waals surface area contributed by atoms with E-state index in [1.54, 1.807) is 18.5 Å². The number of hydrogen-bond acceptors (Lipinski definition) is 6. The number of H-pyrrole nitrogens is 1. The Balaban J connectivity index is 1.99. The molecule has 8 nitrogen and oxygen atoms in total. The Hall–Kier alpha value is -1.49. The molecule has 0 spiro atoms. The number of thiazole rings is 1. The Morgan fingerprint density at radius 2 is 2.24 bits per heavy atom. The lowest BCUT2D eigenvalue weighted by atomic mass is 10.6. The fraction of sp³-hybridized carbons (Fsp3) is 0.300. The zero-order chi connectivity index (χ0) is 15.2. The highest BCUT2D eigenvalue weighted by Crippen LogP contribution is 2.27. The minimum Gasteiger partial charge on any atom is -0.279 e. The van der Waals surface area contributed by atoms with Crippen molar-refractivity contribution in [2.45, 2.75) is 18.5 Å². The molecule has 0 unspecified atom stereocenters. The number of sulfonamides is 1. The third-order valence-corrected chi connectivity index (χ3v) is 5.80. The smallest absolute Gasteiger partial charge is 0.262 e. The van der Waals surface area contributed by atoms with Crippen LogP contribution in [0.3, 0.4) is 0 Å². The molecule has 11 heteroatoms. The standard InChI is InChI=1S/C10H11ClN6O2S2/c1-6-12-7(15-14-6)5-16(2)21(18,19)9-8(11)13-10-17(9)3-4-20-10/h3-4H,5H2,1-2H3,(H,12,14,15). The molecule has 0 aliphatic rings. The summed E-state index contributed by atoms with van der Waals surface area (Å²) in [6.07, 6.45) is 1.62. The van der Waals surface area contributed by atoms with E-state index < -0.39 is 10.0 Å². The molecule has 0 aliphatic carbocycles. The van der Waals surface area contributed by atoms with Crippen LogP contribution in [0.5, 0.6) is 0 Å². The van der Waals surface area contributed by atoms with E-state index in [0.29, 0.717) is 16.6 Å². The van der Waals surface area contributed by atoms with Gasteiger partial charge in [0.2, 0.25) is 0 Å². The molecule has 0 saturated heterocycles. The second-order valence-corrected chi connectivity index (χ2v) is 7.55. The normalized spacial score (nSPS) is 12.6. The summed E-state index contributed by atoms with van der Waals surface area (Å²) in [5.74, 6) is 1.01. The zero-order valence-corrected chi connectivity index (χ0v) is 13.5. The maximum absolute atomic E-state index is 12.7. The number of hydrogen-bond donors (Lipinski definition) is 1. The first kappa shape index (κ1) is 14.4. The van der Waals surface area contributed by atoms with Gasteiger partial charge >= 0.3 is 0 Å². The summed E-state index contributed by atoms with van der Waals surface area (Å²) in [5.41, 5.74) is 0. The van der Waals surface area contributed by atoms with E-state index in [-0.39, 0.29) is 16.7 Å². The summed E-state index contributed by atoms with van der Waals surface area (Å²) in [6, 6.07) is 0. The maximum atomic E-state index is 12.7. The molecule has 0 atom stereocenters. The van der Waals surface area contributed by atoms with Crippen molar-refractivity contribution in [3.05, 3.63) is 28.4 Å². The van der Waals surface area contributed by atoms with Crippen molar-refractivity contribution in [3.8, 4) is 0 Å². The van der Waals surface area contributed by atoms with Gasteiger partial charge in [0.15, 0.2) is 21.0 Å². The number of nitrogens with zero attached hydrogens (tertiary/aromatic N) is 5. The van der Waals surface area contributed by atoms with Gasteiger partial charge in [-0.15, -0.1) is 11.3 Å². The Labute approximate surface area is 129 Å². The van der Waals surface area contributed by atoms with Crippen LogP contribution >= 0.6 is 22.9 Å². The summed E-state index contributed by atoms with van der Waals surface area (Å²) in [5, 5.41) is 8.26. The fourth-order valence-electron chi connectivity index (χ4n) is 1.86. The molecule has 21 heavy (non-hydrogen) atoms. The first-order chi connectivity index (χ1) is 9.89. The summed E-state index contributed by atoms with van der Waals surface area (Å²) < 4.78 is 27.9. The average molecular weight is 347 g/mol. The number of aryl methyl sites for hydroxylation is 1. The number of halogens is 1. The molecule has 3 aromatic heterocycles. The largest absolute Gasteiger partial charge is 0.279 e. The van der Waals surface area contributed by atoms with Gasteiger partial charge in [-0.3, -0.25) is 9.50 Å². The van der Waals surface area contributed by atoms with E-state index in [1.807, 2.05) is 0 Å². The molecular weight excluding hydrogens is 336 g/mol. The van der Waals surface area contributed by atoms with Gasteiger partial charge < -0.3 is 0 Å². The Morgan fingerprint density at radius 3 is 2.90 bits per heavy atom. The number of nitrogens with one attached hydrogen (secondary N) is 1. The van der Waals surface area contributed by atoms with Crippen LogP contribution in [-0.2, 0) is 16.6 Å². The minimum atomic E-state index is -3.80. The average Bonchev–Trinajstić information content (AvgIpc) is 3.05. The van der Waals surface area contributed by atoms with E-state index in [1.165, 1.54) is 22.8 Å². The fourth-order valence-corrected chi connectivity index (χ4v) is 4.38. The molecule has 3 heterocycles. The highest BCUT2D eigenvalue weighted by atomic mass is 35.5. The molecule has 3 aromatic rings. The molecule has 0 saturated carbocycles. The monoisotopic (exact) mass is 346 g/mol. The number of rotatable bonds is 4. The van der Waals surface area contributed by atoms with E-state index in [2.05, 4.69) is 20.2 Å². The molecule has 0 aromatic carbocycles. The van der Waals surface area contributed by atoms with Crippen molar-refractivity contribution in [1.82, 2.24) is 28.9 Å². The lowest BCUT2D eigenvalue weighted by Crippen LogP contribution is -2.28. The molecule has 0 bridgehead atoms. The van der Waals surface area contributed by atoms with Gasteiger partial charge in [0.1, 0.15) is 5.82 Å². The van der Waals surface area contributed by atoms with Crippen molar-refractivity contribution in [2.75, 3.05) is 7.05 Å². The third kappa shape index (κ3) is 2.44. The van der Waals surface area contributed by atoms with Crippen molar-refractivity contribution in [1.29, 1.82) is 0 Å². The van der Waals surface area contributed by atoms with E-state index in [0.717, 1.165) is 4.31 Å². The Bertz CT molecular complexity index is 896. The number of fused-ring (bicyclic) bond motifs is 1. The lowest BCUT2D eigenvalue weighted by molar-refractivity contribution is 0.454. The van der Waals surface area contributed by atoms with Crippen LogP contribution < -0.4 is 0 Å². The number of aromatic amines is 1. The maximum Gasteiger partial charge on any atom is 0.262 e. The van der Waals surface area contributed by atoms with Crippen LogP contribution in [0.4, 0.5) is 0 Å². The Kier molecular flexibility index (Phi) is 3.48.